The lowest BCUT2D eigenvalue weighted by atomic mass is 9.77. The van der Waals surface area contributed by atoms with Gasteiger partial charge in [-0.15, -0.1) is 0 Å². The number of anilines is 1. The highest BCUT2D eigenvalue weighted by Gasteiger charge is 2.42. The molecule has 138 valence electrons. The molecule has 2 aliphatic rings. The molecule has 6 heteroatoms. The van der Waals surface area contributed by atoms with Crippen molar-refractivity contribution in [3.8, 4) is 0 Å². The predicted octanol–water partition coefficient (Wildman–Crippen LogP) is 2.14. The van der Waals surface area contributed by atoms with Crippen molar-refractivity contribution in [2.24, 2.45) is 11.8 Å². The van der Waals surface area contributed by atoms with Crippen LogP contribution in [0.2, 0.25) is 0 Å². The van der Waals surface area contributed by atoms with E-state index in [1.807, 2.05) is 20.1 Å². The first-order valence-corrected chi connectivity index (χ1v) is 10.5. The Balaban J connectivity index is 1.62. The van der Waals surface area contributed by atoms with Gasteiger partial charge in [-0.25, -0.2) is 0 Å². The van der Waals surface area contributed by atoms with Gasteiger partial charge in [-0.1, -0.05) is 0 Å². The second-order valence-corrected chi connectivity index (χ2v) is 8.47. The quantitative estimate of drug-likeness (QED) is 0.839. The van der Waals surface area contributed by atoms with Crippen LogP contribution in [0.25, 0.3) is 0 Å². The van der Waals surface area contributed by atoms with Gasteiger partial charge in [0.2, 0.25) is 5.91 Å². The topological polar surface area (TPSA) is 65.5 Å². The molecule has 5 nitrogen and oxygen atoms in total. The maximum absolute atomic E-state index is 12.0. The van der Waals surface area contributed by atoms with Gasteiger partial charge in [-0.2, -0.15) is 11.8 Å². The van der Waals surface area contributed by atoms with E-state index in [9.17, 15) is 9.90 Å². The Morgan fingerprint density at radius 1 is 1.28 bits per heavy atom. The number of aromatic nitrogens is 1. The summed E-state index contributed by atoms with van der Waals surface area (Å²) in [5.41, 5.74) is 3.32. The van der Waals surface area contributed by atoms with Crippen LogP contribution in [0.4, 0.5) is 5.69 Å². The van der Waals surface area contributed by atoms with Crippen molar-refractivity contribution in [2.75, 3.05) is 30.0 Å². The summed E-state index contributed by atoms with van der Waals surface area (Å²) in [7, 11) is 0. The van der Waals surface area contributed by atoms with E-state index in [2.05, 4.69) is 27.3 Å². The number of aryl methyl sites for hydroxylation is 2. The molecular weight excluding hydrogens is 334 g/mol. The van der Waals surface area contributed by atoms with E-state index in [0.29, 0.717) is 18.3 Å². The van der Waals surface area contributed by atoms with E-state index in [1.165, 1.54) is 5.69 Å². The maximum atomic E-state index is 12.0. The second-order valence-electron chi connectivity index (χ2n) is 7.49. The van der Waals surface area contributed by atoms with Crippen LogP contribution >= 0.6 is 11.8 Å². The molecule has 4 atom stereocenters. The smallest absolute Gasteiger partial charge is 0.221 e. The number of rotatable bonds is 5. The van der Waals surface area contributed by atoms with Crippen molar-refractivity contribution in [3.05, 3.63) is 23.5 Å². The van der Waals surface area contributed by atoms with Gasteiger partial charge in [-0.3, -0.25) is 9.78 Å². The Labute approximate surface area is 154 Å². The predicted molar refractivity (Wildman–Crippen MR) is 103 cm³/mol. The number of nitrogens with zero attached hydrogens (tertiary/aromatic N) is 2. The molecule has 1 aromatic rings. The second kappa shape index (κ2) is 7.96. The van der Waals surface area contributed by atoms with Crippen LogP contribution in [0, 0.1) is 25.7 Å². The number of carbonyl (C=O) groups excluding carboxylic acids is 1. The number of nitrogens with one attached hydrogen (secondary N) is 1. The average molecular weight is 364 g/mol. The van der Waals surface area contributed by atoms with Gasteiger partial charge in [-0.05, 0) is 56.9 Å². The van der Waals surface area contributed by atoms with Crippen LogP contribution in [-0.4, -0.2) is 53.2 Å². The van der Waals surface area contributed by atoms with Crippen molar-refractivity contribution in [1.82, 2.24) is 10.3 Å². The van der Waals surface area contributed by atoms with E-state index >= 15 is 0 Å². The van der Waals surface area contributed by atoms with Crippen molar-refractivity contribution in [2.45, 2.75) is 45.3 Å². The highest BCUT2D eigenvalue weighted by Crippen LogP contribution is 2.38. The number of amides is 1. The van der Waals surface area contributed by atoms with Gasteiger partial charge in [0.15, 0.2) is 0 Å². The molecule has 0 unspecified atom stereocenters. The number of thioether (sulfide) groups is 1. The molecule has 2 N–H and O–H groups in total. The van der Waals surface area contributed by atoms with Gasteiger partial charge >= 0.3 is 0 Å². The van der Waals surface area contributed by atoms with E-state index in [1.54, 1.807) is 11.8 Å². The summed E-state index contributed by atoms with van der Waals surface area (Å²) in [6.07, 6.45) is 3.75. The number of hydrogen-bond acceptors (Lipinski definition) is 5. The standard InChI is InChI=1S/C19H29N3O2S/c1-12-6-16(7-13(2)20-12)22-10-14-8-17(18(23)9-15(14)11-22)21-19(24)4-5-25-3/h6-7,14-15,17-18,23H,4-5,8-11H2,1-3H3,(H,21,24)/t14-,15+,17-,18-/m0/s1. The highest BCUT2D eigenvalue weighted by atomic mass is 32.2. The minimum Gasteiger partial charge on any atom is -0.391 e. The number of aliphatic hydroxyl groups excluding tert-OH is 1. The molecule has 3 rings (SSSR count). The lowest BCUT2D eigenvalue weighted by Crippen LogP contribution is -2.49. The molecule has 0 bridgehead atoms. The number of aliphatic hydroxyl groups is 1. The Bertz CT molecular complexity index is 604. The average Bonchev–Trinajstić information content (AvgIpc) is 2.95. The molecule has 1 saturated heterocycles. The summed E-state index contributed by atoms with van der Waals surface area (Å²) in [4.78, 5) is 18.9. The Kier molecular flexibility index (Phi) is 5.89. The summed E-state index contributed by atoms with van der Waals surface area (Å²) in [5, 5.41) is 13.5. The van der Waals surface area contributed by atoms with Gasteiger partial charge in [0, 0.05) is 42.3 Å². The lowest BCUT2D eigenvalue weighted by Gasteiger charge is -2.35. The Morgan fingerprint density at radius 2 is 1.92 bits per heavy atom. The fourth-order valence-electron chi connectivity index (χ4n) is 4.27. The third-order valence-electron chi connectivity index (χ3n) is 5.45. The minimum absolute atomic E-state index is 0.0621. The van der Waals surface area contributed by atoms with Crippen LogP contribution in [0.5, 0.6) is 0 Å². The molecule has 1 aliphatic heterocycles. The largest absolute Gasteiger partial charge is 0.391 e. The third-order valence-corrected chi connectivity index (χ3v) is 6.07. The molecule has 1 aromatic heterocycles. The zero-order valence-electron chi connectivity index (χ0n) is 15.4. The number of hydrogen-bond donors (Lipinski definition) is 2. The molecular formula is C19H29N3O2S. The third kappa shape index (κ3) is 4.47. The first-order valence-electron chi connectivity index (χ1n) is 9.13. The summed E-state index contributed by atoms with van der Waals surface area (Å²) in [6, 6.07) is 4.18. The van der Waals surface area contributed by atoms with Gasteiger partial charge in [0.1, 0.15) is 0 Å². The van der Waals surface area contributed by atoms with E-state index in [0.717, 1.165) is 43.1 Å². The fraction of sp³-hybridized carbons (Fsp3) is 0.684. The number of pyridine rings is 1. The zero-order valence-corrected chi connectivity index (χ0v) is 16.2. The minimum atomic E-state index is -0.430. The van der Waals surface area contributed by atoms with E-state index in [-0.39, 0.29) is 11.9 Å². The Morgan fingerprint density at radius 3 is 2.56 bits per heavy atom. The van der Waals surface area contributed by atoms with Crippen molar-refractivity contribution >= 4 is 23.4 Å². The SMILES string of the molecule is CSCCC(=O)N[C@H]1C[C@H]2CN(c3cc(C)nc(C)c3)C[C@H]2C[C@@H]1O. The van der Waals surface area contributed by atoms with E-state index < -0.39 is 6.10 Å². The normalized spacial score (nSPS) is 28.7. The van der Waals surface area contributed by atoms with Crippen molar-refractivity contribution in [1.29, 1.82) is 0 Å². The fourth-order valence-corrected chi connectivity index (χ4v) is 4.65. The first kappa shape index (κ1) is 18.5. The summed E-state index contributed by atoms with van der Waals surface area (Å²) >= 11 is 1.67. The molecule has 0 radical (unpaired) electrons. The molecule has 1 aliphatic carbocycles. The summed E-state index contributed by atoms with van der Waals surface area (Å²) in [5.74, 6) is 1.92. The highest BCUT2D eigenvalue weighted by molar-refractivity contribution is 7.98. The molecule has 2 heterocycles. The maximum Gasteiger partial charge on any atom is 0.221 e. The molecule has 25 heavy (non-hydrogen) atoms. The molecule has 0 spiro atoms. The van der Waals surface area contributed by atoms with Gasteiger partial charge in [0.25, 0.3) is 0 Å². The van der Waals surface area contributed by atoms with Crippen LogP contribution in [0.1, 0.15) is 30.7 Å². The lowest BCUT2D eigenvalue weighted by molar-refractivity contribution is -0.123. The molecule has 2 fully saturated rings. The molecule has 1 amide bonds. The van der Waals surface area contributed by atoms with Crippen molar-refractivity contribution in [3.63, 3.8) is 0 Å². The van der Waals surface area contributed by atoms with Crippen LogP contribution in [0.15, 0.2) is 12.1 Å². The van der Waals surface area contributed by atoms with Crippen LogP contribution < -0.4 is 10.2 Å². The van der Waals surface area contributed by atoms with Crippen LogP contribution in [0.3, 0.4) is 0 Å². The molecule has 0 aromatic carbocycles. The van der Waals surface area contributed by atoms with Crippen molar-refractivity contribution < 1.29 is 9.90 Å². The Hall–Kier alpha value is -1.27. The van der Waals surface area contributed by atoms with Gasteiger partial charge in [0.05, 0.1) is 12.1 Å². The monoisotopic (exact) mass is 363 g/mol. The van der Waals surface area contributed by atoms with Gasteiger partial charge < -0.3 is 15.3 Å². The first-order chi connectivity index (χ1) is 12.0. The zero-order chi connectivity index (χ0) is 18.0. The molecule has 1 saturated carbocycles. The summed E-state index contributed by atoms with van der Waals surface area (Å²) < 4.78 is 0. The number of carbonyl (C=O) groups is 1. The van der Waals surface area contributed by atoms with E-state index in [4.69, 9.17) is 0 Å². The number of fused-ring (bicyclic) bond motifs is 1. The summed E-state index contributed by atoms with van der Waals surface area (Å²) in [6.45, 7) is 6.04. The van der Waals surface area contributed by atoms with Crippen LogP contribution in [-0.2, 0) is 4.79 Å².